The Balaban J connectivity index is 2.04. The van der Waals surface area contributed by atoms with Crippen molar-refractivity contribution in [3.8, 4) is 0 Å². The van der Waals surface area contributed by atoms with Gasteiger partial charge in [0.15, 0.2) is 0 Å². The summed E-state index contributed by atoms with van der Waals surface area (Å²) in [4.78, 5) is 0. The van der Waals surface area contributed by atoms with Crippen LogP contribution >= 0.6 is 0 Å². The van der Waals surface area contributed by atoms with Gasteiger partial charge in [-0.3, -0.25) is 0 Å². The molecular formula is C16H16F3N. The van der Waals surface area contributed by atoms with E-state index < -0.39 is 11.7 Å². The molecule has 20 heavy (non-hydrogen) atoms. The molecule has 0 aliphatic rings. The normalized spacial score (nSPS) is 11.4. The number of nitrogens with one attached hydrogen (secondary N) is 1. The summed E-state index contributed by atoms with van der Waals surface area (Å²) in [5.41, 5.74) is 3.51. The Morgan fingerprint density at radius 1 is 0.900 bits per heavy atom. The standard InChI is InChI=1S/C16H16F3N/c1-11-7-12(2)9-13(8-11)10-20-15-5-3-14(4-6-15)16(17,18)19/h3-9,20H,10H2,1-2H3. The summed E-state index contributed by atoms with van der Waals surface area (Å²) < 4.78 is 37.3. The van der Waals surface area contributed by atoms with E-state index in [9.17, 15) is 13.2 Å². The zero-order valence-corrected chi connectivity index (χ0v) is 11.4. The van der Waals surface area contributed by atoms with Gasteiger partial charge in [-0.2, -0.15) is 13.2 Å². The monoisotopic (exact) mass is 279 g/mol. The first-order valence-corrected chi connectivity index (χ1v) is 6.33. The first-order chi connectivity index (χ1) is 9.34. The van der Waals surface area contributed by atoms with Crippen LogP contribution in [-0.2, 0) is 12.7 Å². The third-order valence-corrected chi connectivity index (χ3v) is 2.99. The van der Waals surface area contributed by atoms with E-state index in [0.29, 0.717) is 12.2 Å². The molecule has 0 fully saturated rings. The fourth-order valence-electron chi connectivity index (χ4n) is 2.15. The van der Waals surface area contributed by atoms with Gasteiger partial charge >= 0.3 is 6.18 Å². The van der Waals surface area contributed by atoms with Crippen molar-refractivity contribution in [3.05, 3.63) is 64.7 Å². The summed E-state index contributed by atoms with van der Waals surface area (Å²) in [6.45, 7) is 4.64. The highest BCUT2D eigenvalue weighted by molar-refractivity contribution is 5.46. The smallest absolute Gasteiger partial charge is 0.381 e. The summed E-state index contributed by atoms with van der Waals surface area (Å²) in [5, 5.41) is 3.13. The van der Waals surface area contributed by atoms with Crippen molar-refractivity contribution < 1.29 is 13.2 Å². The Morgan fingerprint density at radius 2 is 1.45 bits per heavy atom. The average Bonchev–Trinajstić information content (AvgIpc) is 2.35. The summed E-state index contributed by atoms with van der Waals surface area (Å²) in [6.07, 6.45) is -4.29. The van der Waals surface area contributed by atoms with Crippen LogP contribution in [0, 0.1) is 13.8 Å². The second kappa shape index (κ2) is 5.57. The highest BCUT2D eigenvalue weighted by atomic mass is 19.4. The van der Waals surface area contributed by atoms with Crippen LogP contribution in [0.2, 0.25) is 0 Å². The van der Waals surface area contributed by atoms with E-state index in [1.165, 1.54) is 23.3 Å². The molecule has 0 aliphatic heterocycles. The average molecular weight is 279 g/mol. The number of anilines is 1. The summed E-state index contributed by atoms with van der Waals surface area (Å²) >= 11 is 0. The first-order valence-electron chi connectivity index (χ1n) is 6.33. The van der Waals surface area contributed by atoms with Gasteiger partial charge in [0.2, 0.25) is 0 Å². The minimum atomic E-state index is -4.29. The van der Waals surface area contributed by atoms with E-state index in [4.69, 9.17) is 0 Å². The maximum Gasteiger partial charge on any atom is 0.416 e. The maximum absolute atomic E-state index is 12.4. The van der Waals surface area contributed by atoms with Crippen LogP contribution in [0.4, 0.5) is 18.9 Å². The minimum Gasteiger partial charge on any atom is -0.381 e. The third kappa shape index (κ3) is 3.76. The molecule has 0 saturated carbocycles. The Morgan fingerprint density at radius 3 is 1.95 bits per heavy atom. The molecule has 2 aromatic carbocycles. The minimum absolute atomic E-state index is 0.591. The molecule has 0 radical (unpaired) electrons. The van der Waals surface area contributed by atoms with Crippen molar-refractivity contribution in [2.75, 3.05) is 5.32 Å². The van der Waals surface area contributed by atoms with Crippen LogP contribution in [0.1, 0.15) is 22.3 Å². The molecule has 0 atom stereocenters. The Bertz CT molecular complexity index is 565. The topological polar surface area (TPSA) is 12.0 Å². The predicted octanol–water partition coefficient (Wildman–Crippen LogP) is 4.93. The number of rotatable bonds is 3. The lowest BCUT2D eigenvalue weighted by molar-refractivity contribution is -0.137. The number of aryl methyl sites for hydroxylation is 2. The molecule has 0 unspecified atom stereocenters. The van der Waals surface area contributed by atoms with Crippen LogP contribution in [-0.4, -0.2) is 0 Å². The Hall–Kier alpha value is -1.97. The van der Waals surface area contributed by atoms with Crippen molar-refractivity contribution in [2.45, 2.75) is 26.6 Å². The second-order valence-electron chi connectivity index (χ2n) is 4.92. The largest absolute Gasteiger partial charge is 0.416 e. The lowest BCUT2D eigenvalue weighted by Crippen LogP contribution is -2.05. The van der Waals surface area contributed by atoms with Crippen LogP contribution in [0.25, 0.3) is 0 Å². The van der Waals surface area contributed by atoms with E-state index in [1.54, 1.807) is 0 Å². The molecule has 0 heterocycles. The van der Waals surface area contributed by atoms with Gasteiger partial charge in [0.25, 0.3) is 0 Å². The maximum atomic E-state index is 12.4. The molecule has 4 heteroatoms. The van der Waals surface area contributed by atoms with Crippen LogP contribution in [0.15, 0.2) is 42.5 Å². The van der Waals surface area contributed by atoms with Crippen molar-refractivity contribution in [1.29, 1.82) is 0 Å². The third-order valence-electron chi connectivity index (χ3n) is 2.99. The van der Waals surface area contributed by atoms with Gasteiger partial charge in [-0.1, -0.05) is 29.3 Å². The highest BCUT2D eigenvalue weighted by Gasteiger charge is 2.29. The number of alkyl halides is 3. The number of halogens is 3. The van der Waals surface area contributed by atoms with E-state index in [0.717, 1.165) is 17.7 Å². The zero-order chi connectivity index (χ0) is 14.8. The summed E-state index contributed by atoms with van der Waals surface area (Å²) in [5.74, 6) is 0. The van der Waals surface area contributed by atoms with E-state index in [1.807, 2.05) is 13.8 Å². The first kappa shape index (κ1) is 14.4. The van der Waals surface area contributed by atoms with Crippen LogP contribution < -0.4 is 5.32 Å². The molecule has 2 rings (SSSR count). The SMILES string of the molecule is Cc1cc(C)cc(CNc2ccc(C(F)(F)F)cc2)c1. The van der Waals surface area contributed by atoms with Gasteiger partial charge in [0.1, 0.15) is 0 Å². The summed E-state index contributed by atoms with van der Waals surface area (Å²) in [6, 6.07) is 11.3. The van der Waals surface area contributed by atoms with Crippen molar-refractivity contribution in [1.82, 2.24) is 0 Å². The molecule has 0 spiro atoms. The van der Waals surface area contributed by atoms with Gasteiger partial charge < -0.3 is 5.32 Å². The van der Waals surface area contributed by atoms with Crippen LogP contribution in [0.5, 0.6) is 0 Å². The van der Waals surface area contributed by atoms with Crippen molar-refractivity contribution in [2.24, 2.45) is 0 Å². The van der Waals surface area contributed by atoms with Crippen LogP contribution in [0.3, 0.4) is 0 Å². The lowest BCUT2D eigenvalue weighted by atomic mass is 10.1. The number of benzene rings is 2. The molecule has 0 amide bonds. The van der Waals surface area contributed by atoms with E-state index in [2.05, 4.69) is 23.5 Å². The Labute approximate surface area is 116 Å². The number of hydrogen-bond donors (Lipinski definition) is 1. The fraction of sp³-hybridized carbons (Fsp3) is 0.250. The predicted molar refractivity (Wildman–Crippen MR) is 74.7 cm³/mol. The lowest BCUT2D eigenvalue weighted by Gasteiger charge is -2.10. The van der Waals surface area contributed by atoms with E-state index >= 15 is 0 Å². The number of hydrogen-bond acceptors (Lipinski definition) is 1. The van der Waals surface area contributed by atoms with Gasteiger partial charge in [0, 0.05) is 12.2 Å². The molecule has 1 N–H and O–H groups in total. The van der Waals surface area contributed by atoms with Gasteiger partial charge in [-0.05, 0) is 43.7 Å². The van der Waals surface area contributed by atoms with Crippen molar-refractivity contribution >= 4 is 5.69 Å². The second-order valence-corrected chi connectivity index (χ2v) is 4.92. The fourth-order valence-corrected chi connectivity index (χ4v) is 2.15. The zero-order valence-electron chi connectivity index (χ0n) is 11.4. The molecule has 0 bridgehead atoms. The molecule has 1 nitrogen and oxygen atoms in total. The molecule has 106 valence electrons. The molecular weight excluding hydrogens is 263 g/mol. The van der Waals surface area contributed by atoms with Gasteiger partial charge in [-0.25, -0.2) is 0 Å². The summed E-state index contributed by atoms with van der Waals surface area (Å²) in [7, 11) is 0. The van der Waals surface area contributed by atoms with Gasteiger partial charge in [0.05, 0.1) is 5.56 Å². The quantitative estimate of drug-likeness (QED) is 0.839. The Kier molecular flexibility index (Phi) is 4.02. The highest BCUT2D eigenvalue weighted by Crippen LogP contribution is 2.29. The molecule has 2 aromatic rings. The van der Waals surface area contributed by atoms with E-state index in [-0.39, 0.29) is 0 Å². The molecule has 0 aliphatic carbocycles. The molecule has 0 aromatic heterocycles. The molecule has 0 saturated heterocycles. The van der Waals surface area contributed by atoms with Gasteiger partial charge in [-0.15, -0.1) is 0 Å². The van der Waals surface area contributed by atoms with Crippen molar-refractivity contribution in [3.63, 3.8) is 0 Å².